The molecule has 1 aromatic rings. The van der Waals surface area contributed by atoms with Crippen LogP contribution < -0.4 is 10.6 Å². The highest BCUT2D eigenvalue weighted by Gasteiger charge is 2.10. The van der Waals surface area contributed by atoms with Crippen molar-refractivity contribution in [3.05, 3.63) is 17.5 Å². The molecular weight excluding hydrogens is 218 g/mol. The average molecular weight is 239 g/mol. The third-order valence-corrected chi connectivity index (χ3v) is 2.38. The molecule has 0 atom stereocenters. The monoisotopic (exact) mass is 239 g/mol. The second-order valence-corrected chi connectivity index (χ2v) is 3.89. The first-order valence-corrected chi connectivity index (χ1v) is 6.22. The van der Waals surface area contributed by atoms with Crippen molar-refractivity contribution in [2.75, 3.05) is 19.6 Å². The first-order chi connectivity index (χ1) is 8.27. The molecule has 17 heavy (non-hydrogen) atoms. The predicted molar refractivity (Wildman–Crippen MR) is 66.0 cm³/mol. The molecular formula is C12H21N3O2. The maximum absolute atomic E-state index is 11.6. The molecule has 2 N–H and O–H groups in total. The van der Waals surface area contributed by atoms with Gasteiger partial charge >= 0.3 is 0 Å². The Labute approximate surface area is 102 Å². The van der Waals surface area contributed by atoms with E-state index >= 15 is 0 Å². The standard InChI is InChI=1S/C12H21N3O2/c1-3-6-13-7-5-8-14-12(16)11-9-10(4-2)17-15-11/h9,13H,3-8H2,1-2H3,(H,14,16). The summed E-state index contributed by atoms with van der Waals surface area (Å²) in [7, 11) is 0. The fraction of sp³-hybridized carbons (Fsp3) is 0.667. The summed E-state index contributed by atoms with van der Waals surface area (Å²) in [5.41, 5.74) is 0.364. The highest BCUT2D eigenvalue weighted by Crippen LogP contribution is 2.03. The minimum atomic E-state index is -0.163. The summed E-state index contributed by atoms with van der Waals surface area (Å²) in [6, 6.07) is 1.69. The Balaban J connectivity index is 2.16. The SMILES string of the molecule is CCCNCCCNC(=O)c1cc(CC)on1. The molecule has 1 amide bonds. The second kappa shape index (κ2) is 7.84. The van der Waals surface area contributed by atoms with E-state index in [2.05, 4.69) is 22.7 Å². The lowest BCUT2D eigenvalue weighted by atomic mass is 10.3. The minimum absolute atomic E-state index is 0.163. The van der Waals surface area contributed by atoms with Crippen molar-refractivity contribution in [3.8, 4) is 0 Å². The number of amides is 1. The molecule has 0 radical (unpaired) electrons. The molecule has 1 aromatic heterocycles. The lowest BCUT2D eigenvalue weighted by Crippen LogP contribution is -2.27. The van der Waals surface area contributed by atoms with Gasteiger partial charge in [-0.25, -0.2) is 0 Å². The summed E-state index contributed by atoms with van der Waals surface area (Å²) in [4.78, 5) is 11.6. The van der Waals surface area contributed by atoms with E-state index in [0.717, 1.165) is 38.1 Å². The number of nitrogens with zero attached hydrogens (tertiary/aromatic N) is 1. The highest BCUT2D eigenvalue weighted by atomic mass is 16.5. The Bertz CT molecular complexity index is 336. The van der Waals surface area contributed by atoms with Gasteiger partial charge in [-0.2, -0.15) is 0 Å². The van der Waals surface area contributed by atoms with E-state index in [4.69, 9.17) is 4.52 Å². The molecule has 0 aliphatic carbocycles. The Hall–Kier alpha value is -1.36. The lowest BCUT2D eigenvalue weighted by Gasteiger charge is -2.03. The van der Waals surface area contributed by atoms with Crippen LogP contribution in [0.5, 0.6) is 0 Å². The van der Waals surface area contributed by atoms with E-state index in [-0.39, 0.29) is 5.91 Å². The summed E-state index contributed by atoms with van der Waals surface area (Å²) in [5.74, 6) is 0.573. The number of carbonyl (C=O) groups is 1. The zero-order valence-electron chi connectivity index (χ0n) is 10.6. The van der Waals surface area contributed by atoms with Crippen molar-refractivity contribution in [2.24, 2.45) is 0 Å². The van der Waals surface area contributed by atoms with E-state index in [0.29, 0.717) is 12.2 Å². The van der Waals surface area contributed by atoms with Crippen LogP contribution in [0.3, 0.4) is 0 Å². The molecule has 0 unspecified atom stereocenters. The zero-order valence-corrected chi connectivity index (χ0v) is 10.6. The van der Waals surface area contributed by atoms with Gasteiger partial charge in [0, 0.05) is 19.0 Å². The molecule has 0 aromatic carbocycles. The van der Waals surface area contributed by atoms with Gasteiger partial charge in [-0.1, -0.05) is 19.0 Å². The molecule has 0 aliphatic rings. The lowest BCUT2D eigenvalue weighted by molar-refractivity contribution is 0.0944. The van der Waals surface area contributed by atoms with E-state index in [9.17, 15) is 4.79 Å². The number of carbonyl (C=O) groups excluding carboxylic acids is 1. The second-order valence-electron chi connectivity index (χ2n) is 3.89. The summed E-state index contributed by atoms with van der Waals surface area (Å²) >= 11 is 0. The van der Waals surface area contributed by atoms with Crippen molar-refractivity contribution in [2.45, 2.75) is 33.1 Å². The Morgan fingerprint density at radius 3 is 2.82 bits per heavy atom. The van der Waals surface area contributed by atoms with E-state index in [1.54, 1.807) is 6.07 Å². The van der Waals surface area contributed by atoms with Crippen molar-refractivity contribution in [1.82, 2.24) is 15.8 Å². The van der Waals surface area contributed by atoms with E-state index < -0.39 is 0 Å². The van der Waals surface area contributed by atoms with Crippen molar-refractivity contribution in [3.63, 3.8) is 0 Å². The average Bonchev–Trinajstić information content (AvgIpc) is 2.82. The molecule has 96 valence electrons. The van der Waals surface area contributed by atoms with Crippen LogP contribution in [-0.4, -0.2) is 30.7 Å². The molecule has 5 nitrogen and oxygen atoms in total. The molecule has 0 saturated heterocycles. The summed E-state index contributed by atoms with van der Waals surface area (Å²) in [5, 5.41) is 9.80. The molecule has 0 aliphatic heterocycles. The normalized spacial score (nSPS) is 10.5. The number of hydrogen-bond donors (Lipinski definition) is 2. The minimum Gasteiger partial charge on any atom is -0.361 e. The molecule has 0 saturated carbocycles. The maximum Gasteiger partial charge on any atom is 0.273 e. The van der Waals surface area contributed by atoms with E-state index in [1.165, 1.54) is 0 Å². The first-order valence-electron chi connectivity index (χ1n) is 6.22. The number of aromatic nitrogens is 1. The van der Waals surface area contributed by atoms with Gasteiger partial charge in [0.1, 0.15) is 5.76 Å². The molecule has 1 heterocycles. The topological polar surface area (TPSA) is 67.2 Å². The van der Waals surface area contributed by atoms with Gasteiger partial charge in [-0.05, 0) is 25.9 Å². The molecule has 0 spiro atoms. The van der Waals surface area contributed by atoms with Crippen LogP contribution in [0.15, 0.2) is 10.6 Å². The van der Waals surface area contributed by atoms with Crippen LogP contribution in [0.2, 0.25) is 0 Å². The summed E-state index contributed by atoms with van der Waals surface area (Å²) < 4.78 is 4.97. The smallest absolute Gasteiger partial charge is 0.273 e. The summed E-state index contributed by atoms with van der Waals surface area (Å²) in [6.45, 7) is 6.69. The largest absolute Gasteiger partial charge is 0.361 e. The Kier molecular flexibility index (Phi) is 6.32. The maximum atomic E-state index is 11.6. The molecule has 1 rings (SSSR count). The first kappa shape index (κ1) is 13.7. The van der Waals surface area contributed by atoms with Gasteiger partial charge in [0.15, 0.2) is 5.69 Å². The van der Waals surface area contributed by atoms with Crippen molar-refractivity contribution < 1.29 is 9.32 Å². The van der Waals surface area contributed by atoms with Crippen LogP contribution in [0.1, 0.15) is 42.9 Å². The molecule has 0 fully saturated rings. The van der Waals surface area contributed by atoms with Gasteiger partial charge in [-0.3, -0.25) is 4.79 Å². The van der Waals surface area contributed by atoms with Crippen LogP contribution in [-0.2, 0) is 6.42 Å². The van der Waals surface area contributed by atoms with Gasteiger partial charge in [0.05, 0.1) is 0 Å². The number of nitrogens with one attached hydrogen (secondary N) is 2. The highest BCUT2D eigenvalue weighted by molar-refractivity contribution is 5.92. The number of aryl methyl sites for hydroxylation is 1. The summed E-state index contributed by atoms with van der Waals surface area (Å²) in [6.07, 6.45) is 2.80. The third kappa shape index (κ3) is 4.99. The van der Waals surface area contributed by atoms with Gasteiger partial charge in [0.25, 0.3) is 5.91 Å². The van der Waals surface area contributed by atoms with Crippen LogP contribution in [0.25, 0.3) is 0 Å². The van der Waals surface area contributed by atoms with E-state index in [1.807, 2.05) is 6.92 Å². The third-order valence-electron chi connectivity index (χ3n) is 2.38. The van der Waals surface area contributed by atoms with Crippen LogP contribution in [0, 0.1) is 0 Å². The Morgan fingerprint density at radius 1 is 1.35 bits per heavy atom. The molecule has 5 heteroatoms. The fourth-order valence-corrected chi connectivity index (χ4v) is 1.39. The fourth-order valence-electron chi connectivity index (χ4n) is 1.39. The van der Waals surface area contributed by atoms with Crippen molar-refractivity contribution in [1.29, 1.82) is 0 Å². The van der Waals surface area contributed by atoms with Gasteiger partial charge in [-0.15, -0.1) is 0 Å². The number of rotatable bonds is 8. The van der Waals surface area contributed by atoms with Crippen LogP contribution in [0.4, 0.5) is 0 Å². The number of hydrogen-bond acceptors (Lipinski definition) is 4. The quantitative estimate of drug-likeness (QED) is 0.672. The Morgan fingerprint density at radius 2 is 2.18 bits per heavy atom. The van der Waals surface area contributed by atoms with Crippen molar-refractivity contribution >= 4 is 5.91 Å². The van der Waals surface area contributed by atoms with Crippen LogP contribution >= 0.6 is 0 Å². The molecule has 0 bridgehead atoms. The van der Waals surface area contributed by atoms with Gasteiger partial charge in [0.2, 0.25) is 0 Å². The van der Waals surface area contributed by atoms with Gasteiger partial charge < -0.3 is 15.2 Å². The predicted octanol–water partition coefficient (Wildman–Crippen LogP) is 1.36. The zero-order chi connectivity index (χ0) is 12.5.